The van der Waals surface area contributed by atoms with Crippen molar-refractivity contribution in [2.75, 3.05) is 5.32 Å². The predicted molar refractivity (Wildman–Crippen MR) is 107 cm³/mol. The van der Waals surface area contributed by atoms with Crippen LogP contribution in [0, 0.1) is 0 Å². The summed E-state index contributed by atoms with van der Waals surface area (Å²) in [7, 11) is 0. The summed E-state index contributed by atoms with van der Waals surface area (Å²) >= 11 is 0. The van der Waals surface area contributed by atoms with E-state index in [1.807, 2.05) is 0 Å². The summed E-state index contributed by atoms with van der Waals surface area (Å²) in [5.74, 6) is 0. The first kappa shape index (κ1) is 8.68. The molecule has 0 atom stereocenters. The molecule has 0 fully saturated rings. The first-order valence-electron chi connectivity index (χ1n) is 11.8. The standard InChI is InChI=1S/C24H19N/c1-3-7-19(8-4-1)21-11-15-23(16-12-21)25-24-17-13-22(14-18-24)20-9-5-2-6-10-20/h1-18,25H/i3D,4D,5D,6D,7D,8D,9D,10D. The van der Waals surface area contributed by atoms with Crippen LogP contribution >= 0.6 is 0 Å². The highest BCUT2D eigenvalue weighted by Gasteiger charge is 2.00. The van der Waals surface area contributed by atoms with Gasteiger partial charge in [-0.05, 0) is 46.5 Å². The highest BCUT2D eigenvalue weighted by molar-refractivity contribution is 5.70. The van der Waals surface area contributed by atoms with Gasteiger partial charge in [0.15, 0.2) is 0 Å². The van der Waals surface area contributed by atoms with Crippen LogP contribution in [-0.2, 0) is 0 Å². The van der Waals surface area contributed by atoms with Gasteiger partial charge in [-0.15, -0.1) is 0 Å². The molecule has 120 valence electrons. The predicted octanol–water partition coefficient (Wildman–Crippen LogP) is 6.76. The third-order valence-corrected chi connectivity index (χ3v) is 3.71. The molecule has 0 spiro atoms. The second kappa shape index (κ2) is 7.06. The maximum absolute atomic E-state index is 8.09. The molecule has 1 nitrogen and oxygen atoms in total. The zero-order valence-corrected chi connectivity index (χ0v) is 13.3. The topological polar surface area (TPSA) is 12.0 Å². The zero-order valence-electron chi connectivity index (χ0n) is 21.3. The zero-order chi connectivity index (χ0) is 23.9. The van der Waals surface area contributed by atoms with Crippen molar-refractivity contribution in [2.45, 2.75) is 0 Å². The van der Waals surface area contributed by atoms with Gasteiger partial charge in [0.2, 0.25) is 0 Å². The summed E-state index contributed by atoms with van der Waals surface area (Å²) in [5, 5.41) is 3.23. The van der Waals surface area contributed by atoms with E-state index in [1.54, 1.807) is 48.5 Å². The minimum Gasteiger partial charge on any atom is -0.356 e. The quantitative estimate of drug-likeness (QED) is 0.436. The molecule has 0 unspecified atom stereocenters. The molecule has 0 bridgehead atoms. The van der Waals surface area contributed by atoms with Crippen molar-refractivity contribution in [3.63, 3.8) is 0 Å². The van der Waals surface area contributed by atoms with Crippen LogP contribution in [0.15, 0.2) is 109 Å². The molecule has 4 aromatic rings. The molecule has 0 saturated carbocycles. The summed E-state index contributed by atoms with van der Waals surface area (Å²) in [6.45, 7) is 0. The Morgan fingerprint density at radius 2 is 0.840 bits per heavy atom. The van der Waals surface area contributed by atoms with E-state index in [0.29, 0.717) is 11.1 Å². The van der Waals surface area contributed by atoms with Crippen LogP contribution in [0.2, 0.25) is 0 Å². The molecule has 0 aromatic heterocycles. The Kier molecular flexibility index (Phi) is 2.45. The van der Waals surface area contributed by atoms with E-state index >= 15 is 0 Å². The summed E-state index contributed by atoms with van der Waals surface area (Å²) in [6, 6.07) is 15.8. The molecule has 1 heteroatoms. The van der Waals surface area contributed by atoms with E-state index < -0.39 is 0 Å². The lowest BCUT2D eigenvalue weighted by Crippen LogP contribution is -1.90. The Balaban J connectivity index is 1.59. The van der Waals surface area contributed by atoms with Crippen molar-refractivity contribution in [3.8, 4) is 22.3 Å². The fourth-order valence-corrected chi connectivity index (χ4v) is 2.46. The van der Waals surface area contributed by atoms with Crippen LogP contribution in [0.5, 0.6) is 0 Å². The third-order valence-electron chi connectivity index (χ3n) is 3.71. The lowest BCUT2D eigenvalue weighted by Gasteiger charge is -2.09. The second-order valence-corrected chi connectivity index (χ2v) is 5.40. The highest BCUT2D eigenvalue weighted by Crippen LogP contribution is 2.25. The maximum atomic E-state index is 8.09. The fourth-order valence-electron chi connectivity index (χ4n) is 2.46. The molecule has 25 heavy (non-hydrogen) atoms. The molecule has 0 aliphatic rings. The maximum Gasteiger partial charge on any atom is 0.0629 e. The SMILES string of the molecule is [2H]c1cc([2H])c([2H])c(-c2ccc(Nc3ccc(-c4c([2H])c([2H])cc([2H])c4[2H])cc3)cc2)c1[2H]. The number of rotatable bonds is 4. The van der Waals surface area contributed by atoms with Gasteiger partial charge in [-0.3, -0.25) is 0 Å². The smallest absolute Gasteiger partial charge is 0.0629 e. The molecule has 0 heterocycles. The summed E-state index contributed by atoms with van der Waals surface area (Å²) in [5.41, 5.74) is 3.18. The number of hydrogen-bond donors (Lipinski definition) is 1. The van der Waals surface area contributed by atoms with Crippen LogP contribution in [0.25, 0.3) is 22.3 Å². The average Bonchev–Trinajstić information content (AvgIpc) is 2.79. The number of nitrogens with one attached hydrogen (secondary N) is 1. The van der Waals surface area contributed by atoms with Crippen molar-refractivity contribution >= 4 is 11.4 Å². The fraction of sp³-hybridized carbons (Fsp3) is 0. The molecular formula is C24H19N. The van der Waals surface area contributed by atoms with Crippen molar-refractivity contribution < 1.29 is 11.0 Å². The molecule has 4 aromatic carbocycles. The second-order valence-electron chi connectivity index (χ2n) is 5.40. The number of hydrogen-bond acceptors (Lipinski definition) is 1. The first-order chi connectivity index (χ1) is 15.7. The lowest BCUT2D eigenvalue weighted by atomic mass is 10.0. The largest absolute Gasteiger partial charge is 0.356 e. The van der Waals surface area contributed by atoms with Gasteiger partial charge in [-0.1, -0.05) is 84.7 Å². The van der Waals surface area contributed by atoms with Crippen LogP contribution < -0.4 is 5.32 Å². The van der Waals surface area contributed by atoms with Crippen molar-refractivity contribution in [1.29, 1.82) is 0 Å². The molecular weight excluding hydrogens is 302 g/mol. The Bertz CT molecular complexity index is 1190. The normalized spacial score (nSPS) is 14.9. The first-order valence-corrected chi connectivity index (χ1v) is 7.80. The van der Waals surface area contributed by atoms with E-state index in [9.17, 15) is 0 Å². The van der Waals surface area contributed by atoms with Crippen LogP contribution in [0.1, 0.15) is 11.0 Å². The summed E-state index contributed by atoms with van der Waals surface area (Å²) in [6.07, 6.45) is 0. The minimum atomic E-state index is -0.0894. The van der Waals surface area contributed by atoms with Gasteiger partial charge >= 0.3 is 0 Å². The van der Waals surface area contributed by atoms with Crippen molar-refractivity contribution in [3.05, 3.63) is 109 Å². The Labute approximate surface area is 159 Å². The van der Waals surface area contributed by atoms with Crippen LogP contribution in [0.4, 0.5) is 11.4 Å². The third kappa shape index (κ3) is 3.61. The van der Waals surface area contributed by atoms with Gasteiger partial charge in [0, 0.05) is 11.4 Å². The molecule has 0 amide bonds. The summed E-state index contributed by atoms with van der Waals surface area (Å²) < 4.78 is 63.7. The molecule has 0 radical (unpaired) electrons. The van der Waals surface area contributed by atoms with Gasteiger partial charge in [-0.2, -0.15) is 0 Å². The Morgan fingerprint density at radius 3 is 1.20 bits per heavy atom. The van der Waals surface area contributed by atoms with Gasteiger partial charge in [-0.25, -0.2) is 0 Å². The summed E-state index contributed by atoms with van der Waals surface area (Å²) in [4.78, 5) is 0. The van der Waals surface area contributed by atoms with E-state index in [-0.39, 0.29) is 59.5 Å². The van der Waals surface area contributed by atoms with Crippen molar-refractivity contribution in [2.24, 2.45) is 0 Å². The van der Waals surface area contributed by atoms with Crippen LogP contribution in [0.3, 0.4) is 0 Å². The van der Waals surface area contributed by atoms with Gasteiger partial charge < -0.3 is 5.32 Å². The van der Waals surface area contributed by atoms with E-state index in [4.69, 9.17) is 11.0 Å². The monoisotopic (exact) mass is 329 g/mol. The Hall–Kier alpha value is -3.32. The highest BCUT2D eigenvalue weighted by atomic mass is 14.9. The van der Waals surface area contributed by atoms with E-state index in [1.165, 1.54) is 12.1 Å². The minimum absolute atomic E-state index is 0.0811. The lowest BCUT2D eigenvalue weighted by molar-refractivity contribution is 1.53. The Morgan fingerprint density at radius 1 is 0.480 bits per heavy atom. The molecule has 1 N–H and O–H groups in total. The molecule has 4 rings (SSSR count). The molecule has 0 aliphatic carbocycles. The van der Waals surface area contributed by atoms with Crippen LogP contribution in [-0.4, -0.2) is 0 Å². The molecule has 0 saturated heterocycles. The van der Waals surface area contributed by atoms with Crippen molar-refractivity contribution in [1.82, 2.24) is 0 Å². The van der Waals surface area contributed by atoms with Gasteiger partial charge in [0.25, 0.3) is 0 Å². The average molecular weight is 329 g/mol. The van der Waals surface area contributed by atoms with Gasteiger partial charge in [0.05, 0.1) is 11.0 Å². The number of benzene rings is 4. The van der Waals surface area contributed by atoms with E-state index in [2.05, 4.69) is 5.32 Å². The number of anilines is 2. The molecule has 0 aliphatic heterocycles. The van der Waals surface area contributed by atoms with Gasteiger partial charge in [0.1, 0.15) is 0 Å². The van der Waals surface area contributed by atoms with E-state index in [0.717, 1.165) is 11.4 Å².